The van der Waals surface area contributed by atoms with Crippen molar-refractivity contribution < 1.29 is 4.79 Å². The maximum Gasteiger partial charge on any atom is 0.216 e. The van der Waals surface area contributed by atoms with Crippen LogP contribution in [0.2, 0.25) is 0 Å². The molecule has 1 amide bonds. The number of hydrogen-bond acceptors (Lipinski definition) is 3. The molecule has 1 heterocycles. The molecule has 92 valence electrons. The van der Waals surface area contributed by atoms with Gasteiger partial charge >= 0.3 is 0 Å². The predicted molar refractivity (Wildman–Crippen MR) is 63.9 cm³/mol. The van der Waals surface area contributed by atoms with Gasteiger partial charge in [-0.05, 0) is 24.7 Å². The van der Waals surface area contributed by atoms with Crippen molar-refractivity contribution in [3.05, 3.63) is 0 Å². The summed E-state index contributed by atoms with van der Waals surface area (Å²) in [7, 11) is 0. The zero-order valence-corrected chi connectivity index (χ0v) is 10.1. The van der Waals surface area contributed by atoms with Crippen LogP contribution in [0, 0.1) is 11.8 Å². The molecule has 2 rings (SSSR count). The quantitative estimate of drug-likeness (QED) is 0.720. The van der Waals surface area contributed by atoms with E-state index in [0.717, 1.165) is 25.6 Å². The first kappa shape index (κ1) is 11.9. The molecule has 0 aromatic heterocycles. The van der Waals surface area contributed by atoms with Crippen molar-refractivity contribution in [2.75, 3.05) is 26.2 Å². The Morgan fingerprint density at radius 3 is 2.94 bits per heavy atom. The summed E-state index contributed by atoms with van der Waals surface area (Å²) in [6.07, 6.45) is 3.83. The average Bonchev–Trinajstić information content (AvgIpc) is 2.61. The van der Waals surface area contributed by atoms with Gasteiger partial charge in [0.1, 0.15) is 0 Å². The van der Waals surface area contributed by atoms with Gasteiger partial charge in [0.15, 0.2) is 0 Å². The molecule has 16 heavy (non-hydrogen) atoms. The zero-order valence-electron chi connectivity index (χ0n) is 10.1. The first-order valence-corrected chi connectivity index (χ1v) is 6.39. The van der Waals surface area contributed by atoms with Crippen LogP contribution in [0.3, 0.4) is 0 Å². The normalized spacial score (nSPS) is 34.8. The van der Waals surface area contributed by atoms with Gasteiger partial charge in [0, 0.05) is 39.1 Å². The van der Waals surface area contributed by atoms with Crippen molar-refractivity contribution in [2.24, 2.45) is 17.6 Å². The molecule has 0 bridgehead atoms. The summed E-state index contributed by atoms with van der Waals surface area (Å²) in [5.74, 6) is 1.57. The Bertz CT molecular complexity index is 257. The topological polar surface area (TPSA) is 58.4 Å². The van der Waals surface area contributed by atoms with Gasteiger partial charge in [-0.3, -0.25) is 4.79 Å². The lowest BCUT2D eigenvalue weighted by Crippen LogP contribution is -2.38. The second-order valence-corrected chi connectivity index (χ2v) is 5.26. The molecular weight excluding hydrogens is 202 g/mol. The number of likely N-dealkylation sites (tertiary alicyclic amines) is 1. The molecule has 4 nitrogen and oxygen atoms in total. The van der Waals surface area contributed by atoms with E-state index in [9.17, 15) is 4.79 Å². The molecule has 3 N–H and O–H groups in total. The highest BCUT2D eigenvalue weighted by atomic mass is 16.1. The molecule has 2 fully saturated rings. The van der Waals surface area contributed by atoms with Crippen LogP contribution >= 0.6 is 0 Å². The number of rotatable bonds is 3. The molecule has 0 aromatic rings. The maximum atomic E-state index is 10.8. The monoisotopic (exact) mass is 225 g/mol. The third-order valence-electron chi connectivity index (χ3n) is 4.03. The predicted octanol–water partition coefficient (Wildman–Crippen LogP) is 0.182. The average molecular weight is 225 g/mol. The number of hydrogen-bond donors (Lipinski definition) is 2. The lowest BCUT2D eigenvalue weighted by atomic mass is 9.78. The number of carbonyl (C=O) groups is 1. The van der Waals surface area contributed by atoms with E-state index in [2.05, 4.69) is 10.2 Å². The summed E-state index contributed by atoms with van der Waals surface area (Å²) in [5, 5.41) is 2.85. The van der Waals surface area contributed by atoms with Gasteiger partial charge < -0.3 is 16.0 Å². The van der Waals surface area contributed by atoms with Crippen LogP contribution in [0.4, 0.5) is 0 Å². The highest BCUT2D eigenvalue weighted by Gasteiger charge is 2.38. The minimum absolute atomic E-state index is 0.0633. The minimum Gasteiger partial charge on any atom is -0.355 e. The summed E-state index contributed by atoms with van der Waals surface area (Å²) in [4.78, 5) is 13.2. The molecule has 1 saturated heterocycles. The third kappa shape index (κ3) is 2.74. The van der Waals surface area contributed by atoms with Crippen LogP contribution in [0.25, 0.3) is 0 Å². The van der Waals surface area contributed by atoms with Gasteiger partial charge in [0.25, 0.3) is 0 Å². The highest BCUT2D eigenvalue weighted by molar-refractivity contribution is 5.72. The van der Waals surface area contributed by atoms with E-state index in [-0.39, 0.29) is 5.91 Å². The molecule has 0 aromatic carbocycles. The Hall–Kier alpha value is -0.610. The number of nitrogens with two attached hydrogens (primary N) is 1. The third-order valence-corrected chi connectivity index (χ3v) is 4.03. The summed E-state index contributed by atoms with van der Waals surface area (Å²) in [6, 6.07) is 0.407. The Kier molecular flexibility index (Phi) is 3.82. The smallest absolute Gasteiger partial charge is 0.216 e. The lowest BCUT2D eigenvalue weighted by molar-refractivity contribution is -0.119. The van der Waals surface area contributed by atoms with Gasteiger partial charge in [0.2, 0.25) is 5.91 Å². The molecule has 3 atom stereocenters. The molecule has 4 heteroatoms. The van der Waals surface area contributed by atoms with Crippen molar-refractivity contribution >= 4 is 5.91 Å². The minimum atomic E-state index is 0.0633. The molecule has 0 spiro atoms. The molecule has 0 radical (unpaired) electrons. The van der Waals surface area contributed by atoms with E-state index in [0.29, 0.717) is 12.0 Å². The molecule has 1 aliphatic carbocycles. The van der Waals surface area contributed by atoms with E-state index in [1.165, 1.54) is 25.8 Å². The number of nitrogens with zero attached hydrogens (tertiary/aromatic N) is 1. The van der Waals surface area contributed by atoms with E-state index in [4.69, 9.17) is 5.73 Å². The van der Waals surface area contributed by atoms with Crippen molar-refractivity contribution in [2.45, 2.75) is 32.2 Å². The first-order valence-electron chi connectivity index (χ1n) is 6.39. The van der Waals surface area contributed by atoms with Gasteiger partial charge in [0.05, 0.1) is 0 Å². The fourth-order valence-electron chi connectivity index (χ4n) is 3.18. The molecule has 1 aliphatic heterocycles. The largest absolute Gasteiger partial charge is 0.355 e. The fourth-order valence-corrected chi connectivity index (χ4v) is 3.18. The number of carbonyl (C=O) groups excluding carboxylic acids is 1. The standard InChI is InChI=1S/C12H23N3O/c1-9(16)14-5-6-15-7-10-3-2-4-12(13)11(10)8-15/h10-12H,2-8,13H2,1H3,(H,14,16). The second kappa shape index (κ2) is 5.15. The Morgan fingerprint density at radius 1 is 1.44 bits per heavy atom. The SMILES string of the molecule is CC(=O)NCCN1CC2CCCC(N)C2C1. The summed E-state index contributed by atoms with van der Waals surface area (Å²) >= 11 is 0. The summed E-state index contributed by atoms with van der Waals surface area (Å²) in [6.45, 7) is 5.62. The summed E-state index contributed by atoms with van der Waals surface area (Å²) < 4.78 is 0. The van der Waals surface area contributed by atoms with Gasteiger partial charge in [-0.1, -0.05) is 6.42 Å². The van der Waals surface area contributed by atoms with Crippen LogP contribution in [0.15, 0.2) is 0 Å². The highest BCUT2D eigenvalue weighted by Crippen LogP contribution is 2.35. The Morgan fingerprint density at radius 2 is 2.25 bits per heavy atom. The van der Waals surface area contributed by atoms with E-state index in [1.807, 2.05) is 0 Å². The van der Waals surface area contributed by atoms with Crippen molar-refractivity contribution in [3.63, 3.8) is 0 Å². The number of amides is 1. The Balaban J connectivity index is 1.76. The zero-order chi connectivity index (χ0) is 11.5. The van der Waals surface area contributed by atoms with Crippen molar-refractivity contribution in [1.29, 1.82) is 0 Å². The van der Waals surface area contributed by atoms with Gasteiger partial charge in [-0.25, -0.2) is 0 Å². The van der Waals surface area contributed by atoms with E-state index >= 15 is 0 Å². The van der Waals surface area contributed by atoms with Crippen LogP contribution in [0.1, 0.15) is 26.2 Å². The molecule has 2 aliphatic rings. The summed E-state index contributed by atoms with van der Waals surface area (Å²) in [5.41, 5.74) is 6.16. The Labute approximate surface area is 97.6 Å². The molecular formula is C12H23N3O. The van der Waals surface area contributed by atoms with Gasteiger partial charge in [-0.15, -0.1) is 0 Å². The van der Waals surface area contributed by atoms with Crippen molar-refractivity contribution in [3.8, 4) is 0 Å². The first-order chi connectivity index (χ1) is 7.66. The second-order valence-electron chi connectivity index (χ2n) is 5.26. The van der Waals surface area contributed by atoms with Crippen LogP contribution in [0.5, 0.6) is 0 Å². The van der Waals surface area contributed by atoms with Crippen LogP contribution < -0.4 is 11.1 Å². The number of fused-ring (bicyclic) bond motifs is 1. The molecule has 3 unspecified atom stereocenters. The molecule has 1 saturated carbocycles. The maximum absolute atomic E-state index is 10.8. The lowest BCUT2D eigenvalue weighted by Gasteiger charge is -2.29. The van der Waals surface area contributed by atoms with Crippen LogP contribution in [-0.4, -0.2) is 43.0 Å². The van der Waals surface area contributed by atoms with E-state index < -0.39 is 0 Å². The fraction of sp³-hybridized carbons (Fsp3) is 0.917. The van der Waals surface area contributed by atoms with Gasteiger partial charge in [-0.2, -0.15) is 0 Å². The van der Waals surface area contributed by atoms with Crippen LogP contribution in [-0.2, 0) is 4.79 Å². The number of nitrogens with one attached hydrogen (secondary N) is 1. The van der Waals surface area contributed by atoms with Crippen molar-refractivity contribution in [1.82, 2.24) is 10.2 Å². The van der Waals surface area contributed by atoms with E-state index in [1.54, 1.807) is 6.92 Å².